The molecule has 6 heteroatoms. The lowest BCUT2D eigenvalue weighted by Crippen LogP contribution is -2.36. The van der Waals surface area contributed by atoms with Gasteiger partial charge in [0.05, 0.1) is 6.21 Å². The van der Waals surface area contributed by atoms with Crippen molar-refractivity contribution in [2.75, 3.05) is 0 Å². The summed E-state index contributed by atoms with van der Waals surface area (Å²) < 4.78 is 0. The van der Waals surface area contributed by atoms with Gasteiger partial charge in [-0.25, -0.2) is 9.98 Å². The molecule has 1 aromatic rings. The van der Waals surface area contributed by atoms with Crippen molar-refractivity contribution >= 4 is 12.0 Å². The molecule has 0 saturated carbocycles. The molecule has 2 heterocycles. The van der Waals surface area contributed by atoms with E-state index >= 15 is 0 Å². The van der Waals surface area contributed by atoms with Crippen LogP contribution in [0.1, 0.15) is 11.6 Å². The molecule has 0 aliphatic carbocycles. The number of pyridine rings is 1. The van der Waals surface area contributed by atoms with E-state index in [0.717, 1.165) is 0 Å². The van der Waals surface area contributed by atoms with Gasteiger partial charge in [-0.15, -0.1) is 0 Å². The van der Waals surface area contributed by atoms with Gasteiger partial charge < -0.3 is 5.73 Å². The molecule has 72 valence electrons. The van der Waals surface area contributed by atoms with Crippen LogP contribution in [0.3, 0.4) is 0 Å². The molecule has 0 saturated heterocycles. The first-order valence-corrected chi connectivity index (χ1v) is 4.08. The highest BCUT2D eigenvalue weighted by Crippen LogP contribution is 2.27. The predicted octanol–water partition coefficient (Wildman–Crippen LogP) is 0.443. The Morgan fingerprint density at radius 1 is 1.57 bits per heavy atom. The lowest BCUT2D eigenvalue weighted by atomic mass is 10.00. The molecular weight excluding hydrogens is 184 g/mol. The van der Waals surface area contributed by atoms with Gasteiger partial charge in [-0.3, -0.25) is 10.1 Å². The summed E-state index contributed by atoms with van der Waals surface area (Å²) in [5, 5.41) is 10.6. The molecule has 14 heavy (non-hydrogen) atoms. The normalized spacial score (nSPS) is 24.4. The maximum atomic E-state index is 10.6. The second kappa shape index (κ2) is 3.15. The molecule has 2 atom stereocenters. The van der Waals surface area contributed by atoms with E-state index in [1.807, 2.05) is 0 Å². The summed E-state index contributed by atoms with van der Waals surface area (Å²) >= 11 is 0. The highest BCUT2D eigenvalue weighted by Gasteiger charge is 2.32. The molecule has 0 radical (unpaired) electrons. The lowest BCUT2D eigenvalue weighted by Gasteiger charge is -2.18. The van der Waals surface area contributed by atoms with Crippen LogP contribution < -0.4 is 5.73 Å². The second-order valence-electron chi connectivity index (χ2n) is 3.00. The Bertz CT molecular complexity index is 404. The van der Waals surface area contributed by atoms with E-state index in [4.69, 9.17) is 5.73 Å². The molecule has 6 nitrogen and oxygen atoms in total. The Morgan fingerprint density at radius 2 is 2.36 bits per heavy atom. The van der Waals surface area contributed by atoms with E-state index in [1.165, 1.54) is 6.21 Å². The largest absolute Gasteiger partial charge is 0.318 e. The number of aliphatic imine (C=N–C) groups is 1. The van der Waals surface area contributed by atoms with Crippen LogP contribution in [0.5, 0.6) is 0 Å². The van der Waals surface area contributed by atoms with Gasteiger partial charge >= 0.3 is 0 Å². The van der Waals surface area contributed by atoms with Crippen molar-refractivity contribution in [2.45, 2.75) is 12.1 Å². The first kappa shape index (κ1) is 8.76. The molecule has 1 aromatic heterocycles. The standard InChI is InChI=1S/C8H8N4O2/c9-7-5-2-1-3-10-8(5)11-4-6(7)12(13)14/h1-4,6-7H,9H2. The Balaban J connectivity index is 2.44. The first-order chi connectivity index (χ1) is 6.70. The van der Waals surface area contributed by atoms with Crippen LogP contribution in [0, 0.1) is 10.1 Å². The van der Waals surface area contributed by atoms with Crippen molar-refractivity contribution in [3.05, 3.63) is 34.0 Å². The van der Waals surface area contributed by atoms with Crippen LogP contribution in [-0.4, -0.2) is 22.2 Å². The lowest BCUT2D eigenvalue weighted by molar-refractivity contribution is -0.505. The molecule has 2 unspecified atom stereocenters. The number of aromatic nitrogens is 1. The van der Waals surface area contributed by atoms with Crippen molar-refractivity contribution in [1.82, 2.24) is 4.98 Å². The molecule has 1 aliphatic rings. The minimum Gasteiger partial charge on any atom is -0.318 e. The fourth-order valence-corrected chi connectivity index (χ4v) is 1.39. The third-order valence-corrected chi connectivity index (χ3v) is 2.14. The Hall–Kier alpha value is -1.82. The van der Waals surface area contributed by atoms with E-state index in [2.05, 4.69) is 9.98 Å². The zero-order valence-corrected chi connectivity index (χ0v) is 7.20. The maximum absolute atomic E-state index is 10.6. The molecule has 0 aromatic carbocycles. The fourth-order valence-electron chi connectivity index (χ4n) is 1.39. The molecule has 0 fully saturated rings. The van der Waals surface area contributed by atoms with Gasteiger partial charge in [-0.2, -0.15) is 0 Å². The van der Waals surface area contributed by atoms with Crippen molar-refractivity contribution < 1.29 is 4.92 Å². The Morgan fingerprint density at radius 3 is 3.07 bits per heavy atom. The Kier molecular flexibility index (Phi) is 1.97. The number of rotatable bonds is 1. The van der Waals surface area contributed by atoms with Crippen LogP contribution in [0.25, 0.3) is 0 Å². The minimum atomic E-state index is -0.952. The fraction of sp³-hybridized carbons (Fsp3) is 0.250. The molecule has 1 aliphatic heterocycles. The molecule has 2 N–H and O–H groups in total. The average Bonchev–Trinajstić information content (AvgIpc) is 2.18. The number of hydrogen-bond acceptors (Lipinski definition) is 5. The average molecular weight is 192 g/mol. The van der Waals surface area contributed by atoms with Gasteiger partial charge in [0.25, 0.3) is 6.04 Å². The first-order valence-electron chi connectivity index (χ1n) is 4.08. The summed E-state index contributed by atoms with van der Waals surface area (Å²) in [6.45, 7) is 0. The van der Waals surface area contributed by atoms with Gasteiger partial charge in [0, 0.05) is 16.7 Å². The van der Waals surface area contributed by atoms with Crippen LogP contribution in [0.2, 0.25) is 0 Å². The third kappa shape index (κ3) is 1.25. The third-order valence-electron chi connectivity index (χ3n) is 2.14. The summed E-state index contributed by atoms with van der Waals surface area (Å²) in [4.78, 5) is 18.0. The SMILES string of the molecule is NC1c2cccnc2N=CC1[N+](=O)[O-]. The zero-order valence-electron chi connectivity index (χ0n) is 7.20. The quantitative estimate of drug-likeness (QED) is 0.516. The van der Waals surface area contributed by atoms with Crippen molar-refractivity contribution in [1.29, 1.82) is 0 Å². The highest BCUT2D eigenvalue weighted by molar-refractivity contribution is 5.72. The zero-order chi connectivity index (χ0) is 10.1. The van der Waals surface area contributed by atoms with Crippen LogP contribution in [0.15, 0.2) is 23.3 Å². The van der Waals surface area contributed by atoms with Gasteiger partial charge in [-0.05, 0) is 6.07 Å². The predicted molar refractivity (Wildman–Crippen MR) is 50.1 cm³/mol. The van der Waals surface area contributed by atoms with Crippen molar-refractivity contribution in [3.63, 3.8) is 0 Å². The van der Waals surface area contributed by atoms with Gasteiger partial charge in [0.1, 0.15) is 6.04 Å². The maximum Gasteiger partial charge on any atom is 0.267 e. The molecule has 0 bridgehead atoms. The number of nitro groups is 1. The van der Waals surface area contributed by atoms with Crippen LogP contribution in [-0.2, 0) is 0 Å². The summed E-state index contributed by atoms with van der Waals surface area (Å²) in [7, 11) is 0. The van der Waals surface area contributed by atoms with E-state index in [-0.39, 0.29) is 0 Å². The minimum absolute atomic E-state index is 0.440. The highest BCUT2D eigenvalue weighted by atomic mass is 16.6. The number of hydrogen-bond donors (Lipinski definition) is 1. The number of nitrogens with zero attached hydrogens (tertiary/aromatic N) is 3. The van der Waals surface area contributed by atoms with Gasteiger partial charge in [0.15, 0.2) is 5.82 Å². The number of nitrogens with two attached hydrogens (primary N) is 1. The van der Waals surface area contributed by atoms with E-state index in [9.17, 15) is 10.1 Å². The van der Waals surface area contributed by atoms with Crippen molar-refractivity contribution in [3.8, 4) is 0 Å². The molecule has 0 amide bonds. The molecular formula is C8H8N4O2. The molecule has 2 rings (SSSR count). The second-order valence-corrected chi connectivity index (χ2v) is 3.00. The monoisotopic (exact) mass is 192 g/mol. The molecule has 0 spiro atoms. The summed E-state index contributed by atoms with van der Waals surface area (Å²) in [5.74, 6) is 0.470. The van der Waals surface area contributed by atoms with Gasteiger partial charge in [-0.1, -0.05) is 6.07 Å². The van der Waals surface area contributed by atoms with Gasteiger partial charge in [0.2, 0.25) is 0 Å². The summed E-state index contributed by atoms with van der Waals surface area (Å²) in [5.41, 5.74) is 6.34. The van der Waals surface area contributed by atoms with Crippen LogP contribution in [0.4, 0.5) is 5.82 Å². The summed E-state index contributed by atoms with van der Waals surface area (Å²) in [6.07, 6.45) is 2.81. The summed E-state index contributed by atoms with van der Waals surface area (Å²) in [6, 6.07) is 1.79. The van der Waals surface area contributed by atoms with E-state index < -0.39 is 17.0 Å². The topological polar surface area (TPSA) is 94.4 Å². The Labute approximate surface area is 79.6 Å². The van der Waals surface area contributed by atoms with Crippen molar-refractivity contribution in [2.24, 2.45) is 10.7 Å². The smallest absolute Gasteiger partial charge is 0.267 e. The van der Waals surface area contributed by atoms with E-state index in [1.54, 1.807) is 18.3 Å². The van der Waals surface area contributed by atoms with E-state index in [0.29, 0.717) is 11.4 Å². The number of fused-ring (bicyclic) bond motifs is 1. The van der Waals surface area contributed by atoms with Crippen LogP contribution >= 0.6 is 0 Å².